The van der Waals surface area contributed by atoms with E-state index in [4.69, 9.17) is 0 Å². The number of piperazine rings is 1. The Bertz CT molecular complexity index is 895. The zero-order valence-corrected chi connectivity index (χ0v) is 18.3. The lowest BCUT2D eigenvalue weighted by atomic mass is 9.93. The Labute approximate surface area is 182 Å². The molecule has 6 nitrogen and oxygen atoms in total. The summed E-state index contributed by atoms with van der Waals surface area (Å²) in [6.07, 6.45) is 6.96. The maximum Gasteiger partial charge on any atom is 0.173 e. The molecule has 0 N–H and O–H groups in total. The first-order valence-electron chi connectivity index (χ1n) is 11.2. The first kappa shape index (κ1) is 19.8. The van der Waals surface area contributed by atoms with E-state index >= 15 is 0 Å². The van der Waals surface area contributed by atoms with Crippen molar-refractivity contribution < 1.29 is 0 Å². The third kappa shape index (κ3) is 4.33. The average Bonchev–Trinajstić information content (AvgIpc) is 3.49. The fraction of sp³-hybridized carbons (Fsp3) is 0.522. The summed E-state index contributed by atoms with van der Waals surface area (Å²) < 4.78 is 1.98. The minimum absolute atomic E-state index is 0.0923. The molecule has 0 bridgehead atoms. The monoisotopic (exact) mass is 422 g/mol. The quantitative estimate of drug-likeness (QED) is 0.604. The van der Waals surface area contributed by atoms with Crippen molar-refractivity contribution in [1.82, 2.24) is 30.0 Å². The molecule has 3 heterocycles. The molecule has 0 amide bonds. The molecule has 30 heavy (non-hydrogen) atoms. The fourth-order valence-corrected chi connectivity index (χ4v) is 5.72. The number of hydrogen-bond acceptors (Lipinski definition) is 6. The zero-order valence-electron chi connectivity index (χ0n) is 17.4. The second kappa shape index (κ2) is 9.37. The van der Waals surface area contributed by atoms with Crippen LogP contribution in [0.25, 0.3) is 0 Å². The van der Waals surface area contributed by atoms with Gasteiger partial charge in [-0.25, -0.2) is 4.68 Å². The summed E-state index contributed by atoms with van der Waals surface area (Å²) in [5.41, 5.74) is 1.27. The van der Waals surface area contributed by atoms with E-state index in [1.54, 1.807) is 11.3 Å². The zero-order chi connectivity index (χ0) is 20.2. The van der Waals surface area contributed by atoms with Crippen molar-refractivity contribution in [1.29, 1.82) is 0 Å². The number of aromatic nitrogens is 4. The number of rotatable bonds is 6. The van der Waals surface area contributed by atoms with E-state index in [-0.39, 0.29) is 6.04 Å². The summed E-state index contributed by atoms with van der Waals surface area (Å²) in [7, 11) is 0. The van der Waals surface area contributed by atoms with Crippen LogP contribution in [-0.2, 0) is 6.54 Å². The van der Waals surface area contributed by atoms with Crippen LogP contribution in [0.1, 0.15) is 54.4 Å². The van der Waals surface area contributed by atoms with Gasteiger partial charge in [-0.15, -0.1) is 16.4 Å². The lowest BCUT2D eigenvalue weighted by Crippen LogP contribution is -2.52. The van der Waals surface area contributed by atoms with Gasteiger partial charge >= 0.3 is 0 Å². The molecule has 1 aliphatic carbocycles. The highest BCUT2D eigenvalue weighted by Gasteiger charge is 2.32. The summed E-state index contributed by atoms with van der Waals surface area (Å²) in [4.78, 5) is 6.58. The third-order valence-electron chi connectivity index (χ3n) is 6.61. The molecule has 158 valence electrons. The number of tetrazole rings is 1. The summed E-state index contributed by atoms with van der Waals surface area (Å²) >= 11 is 1.75. The Hall–Kier alpha value is -2.09. The SMILES string of the molecule is c1ccc(C(c2nnnn2Cc2cccs2)N2CCN(C3CCCCC3)CC2)cc1. The molecular weight excluding hydrogens is 392 g/mol. The highest BCUT2D eigenvalue weighted by atomic mass is 32.1. The molecular formula is C23H30N6S. The first-order chi connectivity index (χ1) is 14.9. The Morgan fingerprint density at radius 1 is 0.933 bits per heavy atom. The van der Waals surface area contributed by atoms with E-state index < -0.39 is 0 Å². The van der Waals surface area contributed by atoms with Gasteiger partial charge in [0, 0.05) is 37.1 Å². The molecule has 1 atom stereocenters. The molecule has 3 aromatic rings. The molecule has 0 radical (unpaired) electrons. The maximum absolute atomic E-state index is 4.51. The molecule has 7 heteroatoms. The molecule has 0 spiro atoms. The standard InChI is InChI=1S/C23H30N6S/c1-3-8-19(9-4-1)22(23-24-25-26-29(23)18-21-12-7-17-30-21)28-15-13-27(14-16-28)20-10-5-2-6-11-20/h1,3-4,7-9,12,17,20,22H,2,5-6,10-11,13-16,18H2. The molecule has 1 aliphatic heterocycles. The largest absolute Gasteiger partial charge is 0.298 e. The Kier molecular flexibility index (Phi) is 6.20. The van der Waals surface area contributed by atoms with Crippen molar-refractivity contribution in [3.8, 4) is 0 Å². The van der Waals surface area contributed by atoms with E-state index in [1.165, 1.54) is 42.5 Å². The van der Waals surface area contributed by atoms with Gasteiger partial charge in [-0.1, -0.05) is 55.7 Å². The fourth-order valence-electron chi connectivity index (χ4n) is 5.04. The maximum atomic E-state index is 4.51. The van der Waals surface area contributed by atoms with E-state index in [1.807, 2.05) is 4.68 Å². The van der Waals surface area contributed by atoms with Crippen LogP contribution < -0.4 is 0 Å². The van der Waals surface area contributed by atoms with Crippen molar-refractivity contribution in [2.75, 3.05) is 26.2 Å². The summed E-state index contributed by atoms with van der Waals surface area (Å²) in [5, 5.41) is 15.0. The van der Waals surface area contributed by atoms with Crippen molar-refractivity contribution in [3.05, 3.63) is 64.1 Å². The summed E-state index contributed by atoms with van der Waals surface area (Å²) in [5.74, 6) is 0.945. The topological polar surface area (TPSA) is 50.1 Å². The van der Waals surface area contributed by atoms with Crippen LogP contribution in [0.4, 0.5) is 0 Å². The summed E-state index contributed by atoms with van der Waals surface area (Å²) in [6, 6.07) is 15.9. The minimum atomic E-state index is 0.0923. The van der Waals surface area contributed by atoms with E-state index in [9.17, 15) is 0 Å². The van der Waals surface area contributed by atoms with Crippen molar-refractivity contribution in [3.63, 3.8) is 0 Å². The van der Waals surface area contributed by atoms with Gasteiger partial charge in [-0.2, -0.15) is 0 Å². The molecule has 2 aromatic heterocycles. The Balaban J connectivity index is 1.37. The lowest BCUT2D eigenvalue weighted by molar-refractivity contribution is 0.0620. The van der Waals surface area contributed by atoms with Crippen molar-refractivity contribution in [2.45, 2.75) is 50.7 Å². The van der Waals surface area contributed by atoms with E-state index in [0.717, 1.165) is 44.6 Å². The number of nitrogens with zero attached hydrogens (tertiary/aromatic N) is 6. The molecule has 1 unspecified atom stereocenters. The smallest absolute Gasteiger partial charge is 0.173 e. The number of thiophene rings is 1. The molecule has 2 fully saturated rings. The number of benzene rings is 1. The molecule has 1 saturated heterocycles. The van der Waals surface area contributed by atoms with Gasteiger partial charge in [0.05, 0.1) is 12.6 Å². The lowest BCUT2D eigenvalue weighted by Gasteiger charge is -2.43. The Morgan fingerprint density at radius 2 is 1.73 bits per heavy atom. The molecule has 5 rings (SSSR count). The van der Waals surface area contributed by atoms with Crippen molar-refractivity contribution in [2.24, 2.45) is 0 Å². The van der Waals surface area contributed by atoms with E-state index in [2.05, 4.69) is 73.2 Å². The molecule has 1 saturated carbocycles. The predicted molar refractivity (Wildman–Crippen MR) is 120 cm³/mol. The van der Waals surface area contributed by atoms with Gasteiger partial charge < -0.3 is 0 Å². The van der Waals surface area contributed by atoms with Gasteiger partial charge in [0.2, 0.25) is 0 Å². The van der Waals surface area contributed by atoms with Crippen LogP contribution in [0.15, 0.2) is 47.8 Å². The van der Waals surface area contributed by atoms with Crippen LogP contribution in [0.3, 0.4) is 0 Å². The van der Waals surface area contributed by atoms with Gasteiger partial charge in [0.25, 0.3) is 0 Å². The van der Waals surface area contributed by atoms with Gasteiger partial charge in [0.15, 0.2) is 5.82 Å². The van der Waals surface area contributed by atoms with Gasteiger partial charge in [-0.05, 0) is 40.3 Å². The van der Waals surface area contributed by atoms with Crippen LogP contribution >= 0.6 is 11.3 Å². The van der Waals surface area contributed by atoms with Crippen molar-refractivity contribution >= 4 is 11.3 Å². The minimum Gasteiger partial charge on any atom is -0.298 e. The highest BCUT2D eigenvalue weighted by Crippen LogP contribution is 2.30. The van der Waals surface area contributed by atoms with Crippen LogP contribution in [0.2, 0.25) is 0 Å². The van der Waals surface area contributed by atoms with Gasteiger partial charge in [0.1, 0.15) is 0 Å². The van der Waals surface area contributed by atoms with Gasteiger partial charge in [-0.3, -0.25) is 9.80 Å². The van der Waals surface area contributed by atoms with Crippen LogP contribution in [0, 0.1) is 0 Å². The molecule has 1 aromatic carbocycles. The Morgan fingerprint density at radius 3 is 2.47 bits per heavy atom. The summed E-state index contributed by atoms with van der Waals surface area (Å²) in [6.45, 7) is 5.12. The van der Waals surface area contributed by atoms with E-state index in [0.29, 0.717) is 0 Å². The molecule has 2 aliphatic rings. The first-order valence-corrected chi connectivity index (χ1v) is 12.1. The second-order valence-corrected chi connectivity index (χ2v) is 9.48. The van der Waals surface area contributed by atoms with Crippen LogP contribution in [0.5, 0.6) is 0 Å². The third-order valence-corrected chi connectivity index (χ3v) is 7.47. The normalized spacial score (nSPS) is 20.4. The second-order valence-electron chi connectivity index (χ2n) is 8.45. The predicted octanol–water partition coefficient (Wildman–Crippen LogP) is 3.82. The average molecular weight is 423 g/mol. The number of hydrogen-bond donors (Lipinski definition) is 0. The van der Waals surface area contributed by atoms with Crippen LogP contribution in [-0.4, -0.2) is 62.2 Å². The highest BCUT2D eigenvalue weighted by molar-refractivity contribution is 7.09.